The van der Waals surface area contributed by atoms with Gasteiger partial charge in [-0.3, -0.25) is 9.36 Å². The normalized spacial score (nSPS) is 12.2. The summed E-state index contributed by atoms with van der Waals surface area (Å²) in [6.07, 6.45) is 0.500. The van der Waals surface area contributed by atoms with Gasteiger partial charge in [-0.25, -0.2) is 9.37 Å². The van der Waals surface area contributed by atoms with Crippen LogP contribution < -0.4 is 10.3 Å². The Morgan fingerprint density at radius 2 is 1.97 bits per heavy atom. The fourth-order valence-corrected chi connectivity index (χ4v) is 4.24. The van der Waals surface area contributed by atoms with Crippen LogP contribution >= 0.6 is 11.3 Å². The van der Waals surface area contributed by atoms with Gasteiger partial charge in [-0.05, 0) is 42.0 Å². The van der Waals surface area contributed by atoms with E-state index in [0.29, 0.717) is 15.8 Å². The summed E-state index contributed by atoms with van der Waals surface area (Å²) in [4.78, 5) is 18.1. The first-order valence-corrected chi connectivity index (χ1v) is 10.5. The average Bonchev–Trinajstić information content (AvgIpc) is 3.22. The zero-order valence-corrected chi connectivity index (χ0v) is 17.6. The fourth-order valence-electron chi connectivity index (χ4n) is 3.17. The molecule has 0 amide bonds. The molecule has 0 bridgehead atoms. The number of nitrogens with zero attached hydrogens (tertiary/aromatic N) is 2. The van der Waals surface area contributed by atoms with E-state index in [1.165, 1.54) is 28.3 Å². The van der Waals surface area contributed by atoms with Gasteiger partial charge in [0.1, 0.15) is 16.3 Å². The molecule has 2 heterocycles. The van der Waals surface area contributed by atoms with Gasteiger partial charge in [-0.1, -0.05) is 18.2 Å². The number of aromatic nitrogens is 2. The van der Waals surface area contributed by atoms with E-state index in [2.05, 4.69) is 4.98 Å². The zero-order valence-electron chi connectivity index (χ0n) is 16.8. The summed E-state index contributed by atoms with van der Waals surface area (Å²) in [5.74, 6) is 0.407. The molecule has 1 N–H and O–H groups in total. The van der Waals surface area contributed by atoms with Gasteiger partial charge < -0.3 is 14.6 Å². The maximum absolute atomic E-state index is 13.6. The Morgan fingerprint density at radius 1 is 1.19 bits per heavy atom. The molecular formula is C23H21FN2O4S. The van der Waals surface area contributed by atoms with Crippen LogP contribution in [0.15, 0.2) is 65.7 Å². The smallest absolute Gasteiger partial charge is 0.271 e. The number of fused-ring (bicyclic) bond motifs is 1. The molecular weight excluding hydrogens is 419 g/mol. The Balaban J connectivity index is 1.44. The van der Waals surface area contributed by atoms with Crippen LogP contribution in [-0.2, 0) is 17.9 Å². The van der Waals surface area contributed by atoms with E-state index in [1.54, 1.807) is 25.3 Å². The summed E-state index contributed by atoms with van der Waals surface area (Å²) < 4.78 is 26.1. The molecule has 0 saturated heterocycles. The second-order valence-electron chi connectivity index (χ2n) is 7.02. The molecule has 0 fully saturated rings. The molecule has 0 spiro atoms. The number of hydrogen-bond donors (Lipinski definition) is 1. The highest BCUT2D eigenvalue weighted by Gasteiger charge is 2.13. The molecule has 4 rings (SSSR count). The summed E-state index contributed by atoms with van der Waals surface area (Å²) in [6, 6.07) is 15.8. The Hall–Kier alpha value is -3.07. The van der Waals surface area contributed by atoms with Crippen molar-refractivity contribution in [1.29, 1.82) is 0 Å². The first-order chi connectivity index (χ1) is 15.0. The van der Waals surface area contributed by atoms with Gasteiger partial charge in [0.2, 0.25) is 0 Å². The molecule has 0 aliphatic rings. The highest BCUT2D eigenvalue weighted by Crippen LogP contribution is 2.31. The Morgan fingerprint density at radius 3 is 2.71 bits per heavy atom. The number of aliphatic hydroxyl groups is 1. The lowest BCUT2D eigenvalue weighted by molar-refractivity contribution is 0.0189. The van der Waals surface area contributed by atoms with Crippen molar-refractivity contribution in [2.24, 2.45) is 0 Å². The topological polar surface area (TPSA) is 73.6 Å². The number of halogens is 1. The number of rotatable bonds is 8. The third-order valence-electron chi connectivity index (χ3n) is 4.81. The molecule has 0 saturated carbocycles. The maximum atomic E-state index is 13.6. The molecule has 6 nitrogen and oxygen atoms in total. The number of benzene rings is 2. The second kappa shape index (κ2) is 9.38. The van der Waals surface area contributed by atoms with Crippen LogP contribution in [0.2, 0.25) is 0 Å². The SMILES string of the molecule is COc1ccc(-c2cc3ncn(C[C@@H](O)COCc4ccccc4F)c(=O)c3s2)cc1. The van der Waals surface area contributed by atoms with Crippen molar-refractivity contribution in [1.82, 2.24) is 9.55 Å². The van der Waals surface area contributed by atoms with Crippen LogP contribution in [0, 0.1) is 5.82 Å². The zero-order chi connectivity index (χ0) is 21.8. The first-order valence-electron chi connectivity index (χ1n) is 9.68. The highest BCUT2D eigenvalue weighted by atomic mass is 32.1. The van der Waals surface area contributed by atoms with Gasteiger partial charge in [0.15, 0.2) is 0 Å². The lowest BCUT2D eigenvalue weighted by atomic mass is 10.2. The van der Waals surface area contributed by atoms with Gasteiger partial charge in [0, 0.05) is 10.4 Å². The number of aliphatic hydroxyl groups excluding tert-OH is 1. The van der Waals surface area contributed by atoms with E-state index >= 15 is 0 Å². The minimum Gasteiger partial charge on any atom is -0.497 e. The standard InChI is InChI=1S/C23H21FN2O4S/c1-29-18-8-6-15(7-9-18)21-10-20-22(31-21)23(28)26(14-25-20)11-17(27)13-30-12-16-4-2-3-5-19(16)24/h2-10,14,17,27H,11-13H2,1H3/t17-/m1/s1. The maximum Gasteiger partial charge on any atom is 0.271 e. The van der Waals surface area contributed by atoms with E-state index < -0.39 is 6.10 Å². The van der Waals surface area contributed by atoms with Crippen molar-refractivity contribution in [3.05, 3.63) is 82.7 Å². The van der Waals surface area contributed by atoms with E-state index in [0.717, 1.165) is 16.2 Å². The van der Waals surface area contributed by atoms with E-state index in [9.17, 15) is 14.3 Å². The number of hydrogen-bond acceptors (Lipinski definition) is 6. The Kier molecular flexibility index (Phi) is 6.41. The summed E-state index contributed by atoms with van der Waals surface area (Å²) in [7, 11) is 1.61. The predicted molar refractivity (Wildman–Crippen MR) is 118 cm³/mol. The van der Waals surface area contributed by atoms with Crippen LogP contribution in [0.4, 0.5) is 4.39 Å². The highest BCUT2D eigenvalue weighted by molar-refractivity contribution is 7.22. The lowest BCUT2D eigenvalue weighted by Gasteiger charge is -2.13. The van der Waals surface area contributed by atoms with Crippen LogP contribution in [0.5, 0.6) is 5.75 Å². The molecule has 4 aromatic rings. The lowest BCUT2D eigenvalue weighted by Crippen LogP contribution is -2.29. The predicted octanol–water partition coefficient (Wildman–Crippen LogP) is 3.85. The Labute approximate surface area is 182 Å². The van der Waals surface area contributed by atoms with Gasteiger partial charge in [0.05, 0.1) is 44.8 Å². The molecule has 2 aromatic carbocycles. The molecule has 1 atom stereocenters. The van der Waals surface area contributed by atoms with Crippen molar-refractivity contribution < 1.29 is 19.0 Å². The molecule has 0 aliphatic carbocycles. The molecule has 0 unspecified atom stereocenters. The van der Waals surface area contributed by atoms with Gasteiger partial charge >= 0.3 is 0 Å². The fraction of sp³-hybridized carbons (Fsp3) is 0.217. The third-order valence-corrected chi connectivity index (χ3v) is 5.97. The minimum atomic E-state index is -0.926. The molecule has 2 aromatic heterocycles. The van der Waals surface area contributed by atoms with Crippen LogP contribution in [0.3, 0.4) is 0 Å². The minimum absolute atomic E-state index is 0.0274. The third kappa shape index (κ3) is 4.82. The van der Waals surface area contributed by atoms with Gasteiger partial charge in [0.25, 0.3) is 5.56 Å². The quantitative estimate of drug-likeness (QED) is 0.451. The van der Waals surface area contributed by atoms with Crippen LogP contribution in [-0.4, -0.2) is 34.5 Å². The Bertz CT molecular complexity index is 1240. The van der Waals surface area contributed by atoms with Crippen molar-refractivity contribution in [3.63, 3.8) is 0 Å². The monoisotopic (exact) mass is 440 g/mol. The van der Waals surface area contributed by atoms with E-state index in [1.807, 2.05) is 30.3 Å². The number of ether oxygens (including phenoxy) is 2. The van der Waals surface area contributed by atoms with Crippen molar-refractivity contribution in [2.75, 3.05) is 13.7 Å². The second-order valence-corrected chi connectivity index (χ2v) is 8.07. The summed E-state index contributed by atoms with van der Waals surface area (Å²) in [6.45, 7) is 0.0568. The summed E-state index contributed by atoms with van der Waals surface area (Å²) >= 11 is 1.36. The molecule has 0 aliphatic heterocycles. The summed E-state index contributed by atoms with van der Waals surface area (Å²) in [5, 5.41) is 10.3. The van der Waals surface area contributed by atoms with Crippen molar-refractivity contribution >= 4 is 21.6 Å². The van der Waals surface area contributed by atoms with Crippen LogP contribution in [0.25, 0.3) is 20.7 Å². The largest absolute Gasteiger partial charge is 0.497 e. The van der Waals surface area contributed by atoms with Crippen molar-refractivity contribution in [3.8, 4) is 16.2 Å². The number of thiophene rings is 1. The average molecular weight is 440 g/mol. The number of methoxy groups -OCH3 is 1. The molecule has 31 heavy (non-hydrogen) atoms. The van der Waals surface area contributed by atoms with E-state index in [-0.39, 0.29) is 31.1 Å². The molecule has 0 radical (unpaired) electrons. The molecule has 8 heteroatoms. The van der Waals surface area contributed by atoms with Crippen molar-refractivity contribution in [2.45, 2.75) is 19.3 Å². The van der Waals surface area contributed by atoms with Crippen LogP contribution in [0.1, 0.15) is 5.56 Å². The summed E-state index contributed by atoms with van der Waals surface area (Å²) in [5.41, 5.74) is 1.78. The molecule has 160 valence electrons. The van der Waals surface area contributed by atoms with Gasteiger partial charge in [-0.2, -0.15) is 0 Å². The first kappa shape index (κ1) is 21.2. The van der Waals surface area contributed by atoms with E-state index in [4.69, 9.17) is 9.47 Å². The van der Waals surface area contributed by atoms with Gasteiger partial charge in [-0.15, -0.1) is 11.3 Å².